The van der Waals surface area contributed by atoms with E-state index in [-0.39, 0.29) is 11.5 Å². The number of rotatable bonds is 2. The van der Waals surface area contributed by atoms with E-state index in [0.717, 1.165) is 0 Å². The van der Waals surface area contributed by atoms with Crippen molar-refractivity contribution < 1.29 is 0 Å². The molecule has 2 heterocycles. The molecule has 0 aliphatic carbocycles. The van der Waals surface area contributed by atoms with Crippen molar-refractivity contribution in [1.82, 2.24) is 15.0 Å². The first-order valence-corrected chi connectivity index (χ1v) is 5.58. The van der Waals surface area contributed by atoms with Crippen molar-refractivity contribution in [3.05, 3.63) is 46.9 Å². The zero-order valence-electron chi connectivity index (χ0n) is 9.79. The Balaban J connectivity index is 2.03. The zero-order chi connectivity index (χ0) is 13.2. The van der Waals surface area contributed by atoms with Crippen molar-refractivity contribution in [2.75, 3.05) is 5.73 Å². The highest BCUT2D eigenvalue weighted by atomic mass is 16.1. The number of imidazole rings is 1. The number of nitrogens with zero attached hydrogens (tertiary/aromatic N) is 3. The van der Waals surface area contributed by atoms with Gasteiger partial charge in [0.1, 0.15) is 5.69 Å². The number of nitrogen functional groups attached to an aromatic ring is 1. The first-order valence-electron chi connectivity index (χ1n) is 5.58. The molecule has 0 bridgehead atoms. The number of aromatic amines is 2. The molecule has 0 radical (unpaired) electrons. The summed E-state index contributed by atoms with van der Waals surface area (Å²) in [7, 11) is 0. The number of nitrogens with two attached hydrogens (primary N) is 1. The average molecular weight is 254 g/mol. The number of H-pyrrole nitrogens is 2. The maximum atomic E-state index is 11.1. The van der Waals surface area contributed by atoms with Crippen molar-refractivity contribution in [3.63, 3.8) is 0 Å². The van der Waals surface area contributed by atoms with E-state index in [9.17, 15) is 4.79 Å². The molecule has 0 spiro atoms. The average Bonchev–Trinajstić information content (AvgIpc) is 2.76. The summed E-state index contributed by atoms with van der Waals surface area (Å²) in [5.74, 6) is 0.211. The van der Waals surface area contributed by atoms with Crippen LogP contribution in [0.2, 0.25) is 0 Å². The topological polar surface area (TPSA) is 112 Å². The van der Waals surface area contributed by atoms with Crippen LogP contribution in [0.4, 0.5) is 17.2 Å². The van der Waals surface area contributed by atoms with Gasteiger partial charge in [0.25, 0.3) is 0 Å². The smallest absolute Gasteiger partial charge is 0.325 e. The molecule has 94 valence electrons. The van der Waals surface area contributed by atoms with Crippen LogP contribution < -0.4 is 11.4 Å². The third kappa shape index (κ3) is 2.21. The van der Waals surface area contributed by atoms with E-state index in [1.165, 1.54) is 0 Å². The standard InChI is InChI=1S/C12H10N6O/c13-10-8(18-17-7-4-2-1-3-5-7)6-9-11(15-10)16-12(19)14-9/h1-6H,(H4,13,14,15,16,19). The Kier molecular flexibility index (Phi) is 2.57. The van der Waals surface area contributed by atoms with Crippen molar-refractivity contribution in [2.45, 2.75) is 0 Å². The van der Waals surface area contributed by atoms with Gasteiger partial charge in [0.15, 0.2) is 11.5 Å². The van der Waals surface area contributed by atoms with Crippen LogP contribution in [0.25, 0.3) is 11.2 Å². The van der Waals surface area contributed by atoms with Crippen LogP contribution in [-0.4, -0.2) is 15.0 Å². The van der Waals surface area contributed by atoms with Gasteiger partial charge in [-0.05, 0) is 18.2 Å². The molecule has 0 aliphatic heterocycles. The second-order valence-corrected chi connectivity index (χ2v) is 3.90. The Morgan fingerprint density at radius 3 is 2.68 bits per heavy atom. The highest BCUT2D eigenvalue weighted by Gasteiger charge is 2.05. The molecule has 19 heavy (non-hydrogen) atoms. The molecule has 3 aromatic rings. The molecule has 0 unspecified atom stereocenters. The molecule has 1 aromatic carbocycles. The maximum Gasteiger partial charge on any atom is 0.325 e. The summed E-state index contributed by atoms with van der Waals surface area (Å²) in [6.07, 6.45) is 0. The van der Waals surface area contributed by atoms with E-state index in [4.69, 9.17) is 5.73 Å². The molecule has 3 rings (SSSR count). The van der Waals surface area contributed by atoms with Gasteiger partial charge in [-0.25, -0.2) is 9.78 Å². The number of benzene rings is 1. The molecule has 4 N–H and O–H groups in total. The van der Waals surface area contributed by atoms with Crippen molar-refractivity contribution in [3.8, 4) is 0 Å². The van der Waals surface area contributed by atoms with Gasteiger partial charge in [0.2, 0.25) is 0 Å². The first kappa shape index (κ1) is 11.1. The minimum Gasteiger partial charge on any atom is -0.382 e. The van der Waals surface area contributed by atoms with Crippen LogP contribution in [0.1, 0.15) is 0 Å². The molecule has 2 aromatic heterocycles. The highest BCUT2D eigenvalue weighted by molar-refractivity contribution is 5.78. The minimum absolute atomic E-state index is 0.211. The van der Waals surface area contributed by atoms with Gasteiger partial charge in [-0.2, -0.15) is 5.11 Å². The van der Waals surface area contributed by atoms with Gasteiger partial charge < -0.3 is 10.7 Å². The molecular weight excluding hydrogens is 244 g/mol. The number of anilines is 1. The summed E-state index contributed by atoms with van der Waals surface area (Å²) in [6.45, 7) is 0. The summed E-state index contributed by atoms with van der Waals surface area (Å²) in [5, 5.41) is 8.09. The third-order valence-corrected chi connectivity index (χ3v) is 2.54. The summed E-state index contributed by atoms with van der Waals surface area (Å²) >= 11 is 0. The normalized spacial score (nSPS) is 11.4. The van der Waals surface area contributed by atoms with Crippen molar-refractivity contribution in [2.24, 2.45) is 10.2 Å². The number of pyridine rings is 1. The maximum absolute atomic E-state index is 11.1. The number of fused-ring (bicyclic) bond motifs is 1. The molecule has 0 saturated carbocycles. The van der Waals surface area contributed by atoms with Crippen LogP contribution in [0.15, 0.2) is 51.4 Å². The SMILES string of the molecule is Nc1nc2[nH]c(=O)[nH]c2cc1N=Nc1ccccc1. The number of aromatic nitrogens is 3. The van der Waals surface area contributed by atoms with E-state index in [0.29, 0.717) is 22.5 Å². The zero-order valence-corrected chi connectivity index (χ0v) is 9.79. The lowest BCUT2D eigenvalue weighted by Gasteiger charge is -1.98. The Morgan fingerprint density at radius 2 is 1.89 bits per heavy atom. The second-order valence-electron chi connectivity index (χ2n) is 3.90. The monoisotopic (exact) mass is 254 g/mol. The molecule has 7 nitrogen and oxygen atoms in total. The van der Waals surface area contributed by atoms with Gasteiger partial charge >= 0.3 is 5.69 Å². The van der Waals surface area contributed by atoms with E-state index in [2.05, 4.69) is 25.2 Å². The molecule has 0 fully saturated rings. The summed E-state index contributed by atoms with van der Waals surface area (Å²) in [5.41, 5.74) is 7.49. The highest BCUT2D eigenvalue weighted by Crippen LogP contribution is 2.25. The Morgan fingerprint density at radius 1 is 1.11 bits per heavy atom. The molecule has 0 amide bonds. The van der Waals surface area contributed by atoms with Crippen LogP contribution in [-0.2, 0) is 0 Å². The Bertz CT molecular complexity index is 802. The first-order chi connectivity index (χ1) is 9.22. The van der Waals surface area contributed by atoms with Crippen LogP contribution in [0.3, 0.4) is 0 Å². The fourth-order valence-electron chi connectivity index (χ4n) is 1.66. The molecule has 7 heteroatoms. The molecular formula is C12H10N6O. The van der Waals surface area contributed by atoms with E-state index in [1.807, 2.05) is 30.3 Å². The fraction of sp³-hybridized carbons (Fsp3) is 0. The number of nitrogens with one attached hydrogen (secondary N) is 2. The lowest BCUT2D eigenvalue weighted by Crippen LogP contribution is -1.99. The predicted octanol–water partition coefficient (Wildman–Crippen LogP) is 2.25. The van der Waals surface area contributed by atoms with Crippen LogP contribution >= 0.6 is 0 Å². The summed E-state index contributed by atoms with van der Waals surface area (Å²) < 4.78 is 0. The lowest BCUT2D eigenvalue weighted by molar-refractivity contribution is 1.20. The number of azo groups is 1. The Hall–Kier alpha value is -2.96. The van der Waals surface area contributed by atoms with Gasteiger partial charge in [-0.1, -0.05) is 18.2 Å². The van der Waals surface area contributed by atoms with Crippen LogP contribution in [0.5, 0.6) is 0 Å². The van der Waals surface area contributed by atoms with Crippen molar-refractivity contribution in [1.29, 1.82) is 0 Å². The molecule has 0 saturated heterocycles. The number of hydrogen-bond acceptors (Lipinski definition) is 5. The van der Waals surface area contributed by atoms with E-state index >= 15 is 0 Å². The van der Waals surface area contributed by atoms with Crippen molar-refractivity contribution >= 4 is 28.4 Å². The van der Waals surface area contributed by atoms with Gasteiger partial charge in [-0.3, -0.25) is 4.98 Å². The van der Waals surface area contributed by atoms with Crippen LogP contribution in [0, 0.1) is 0 Å². The van der Waals surface area contributed by atoms with E-state index in [1.54, 1.807) is 6.07 Å². The quantitative estimate of drug-likeness (QED) is 0.609. The van der Waals surface area contributed by atoms with Gasteiger partial charge in [-0.15, -0.1) is 5.11 Å². The summed E-state index contributed by atoms with van der Waals surface area (Å²) in [6, 6.07) is 10.9. The number of hydrogen-bond donors (Lipinski definition) is 3. The van der Waals surface area contributed by atoms with E-state index < -0.39 is 0 Å². The Labute approximate surface area is 107 Å². The fourth-order valence-corrected chi connectivity index (χ4v) is 1.66. The minimum atomic E-state index is -0.334. The lowest BCUT2D eigenvalue weighted by atomic mass is 10.3. The predicted molar refractivity (Wildman–Crippen MR) is 71.7 cm³/mol. The third-order valence-electron chi connectivity index (χ3n) is 2.54. The summed E-state index contributed by atoms with van der Waals surface area (Å²) in [4.78, 5) is 20.3. The van der Waals surface area contributed by atoms with Gasteiger partial charge in [0, 0.05) is 0 Å². The van der Waals surface area contributed by atoms with Gasteiger partial charge in [0.05, 0.1) is 11.2 Å². The largest absolute Gasteiger partial charge is 0.382 e. The second kappa shape index (κ2) is 4.37. The molecule has 0 aliphatic rings. The molecule has 0 atom stereocenters.